The molecule has 1 saturated heterocycles. The Morgan fingerprint density at radius 1 is 1.47 bits per heavy atom. The number of nitrogens with zero attached hydrogens (tertiary/aromatic N) is 1. The molecule has 1 aliphatic rings. The largest absolute Gasteiger partial charge is 0.481 e. The predicted molar refractivity (Wildman–Crippen MR) is 73.2 cm³/mol. The number of hydrogen-bond donors (Lipinski definition) is 1. The first kappa shape index (κ1) is 14.0. The van der Waals surface area contributed by atoms with Crippen LogP contribution in [-0.2, 0) is 9.53 Å². The van der Waals surface area contributed by atoms with Gasteiger partial charge in [0.1, 0.15) is 0 Å². The topological polar surface area (TPSA) is 49.8 Å². The fraction of sp³-hybridized carbons (Fsp3) is 0.533. The Balaban J connectivity index is 1.97. The molecule has 104 valence electrons. The van der Waals surface area contributed by atoms with Gasteiger partial charge in [-0.05, 0) is 24.4 Å². The van der Waals surface area contributed by atoms with E-state index >= 15 is 0 Å². The molecule has 4 heteroatoms. The average Bonchev–Trinajstić information content (AvgIpc) is 2.85. The molecule has 0 spiro atoms. The van der Waals surface area contributed by atoms with Crippen LogP contribution in [0.5, 0.6) is 0 Å². The van der Waals surface area contributed by atoms with E-state index in [-0.39, 0.29) is 0 Å². The third-order valence-electron chi connectivity index (χ3n) is 3.71. The number of carboxylic acids is 1. The first-order valence-corrected chi connectivity index (χ1v) is 6.69. The maximum Gasteiger partial charge on any atom is 0.312 e. The molecule has 2 unspecified atom stereocenters. The normalized spacial score (nSPS) is 21.4. The van der Waals surface area contributed by atoms with E-state index < -0.39 is 11.9 Å². The lowest BCUT2D eigenvalue weighted by Crippen LogP contribution is -2.30. The molecule has 4 nitrogen and oxygen atoms in total. The van der Waals surface area contributed by atoms with Gasteiger partial charge < -0.3 is 14.7 Å². The van der Waals surface area contributed by atoms with Crippen molar-refractivity contribution >= 4 is 5.97 Å². The van der Waals surface area contributed by atoms with Crippen LogP contribution in [0.15, 0.2) is 30.3 Å². The molecule has 19 heavy (non-hydrogen) atoms. The Morgan fingerprint density at radius 2 is 2.21 bits per heavy atom. The van der Waals surface area contributed by atoms with Gasteiger partial charge in [-0.15, -0.1) is 0 Å². The molecule has 0 amide bonds. The molecule has 1 aromatic rings. The second kappa shape index (κ2) is 6.68. The van der Waals surface area contributed by atoms with Crippen LogP contribution in [0.25, 0.3) is 0 Å². The zero-order chi connectivity index (χ0) is 13.7. The van der Waals surface area contributed by atoms with Gasteiger partial charge in [0, 0.05) is 20.2 Å². The minimum Gasteiger partial charge on any atom is -0.481 e. The highest BCUT2D eigenvalue weighted by atomic mass is 16.5. The van der Waals surface area contributed by atoms with Gasteiger partial charge in [-0.2, -0.15) is 0 Å². The molecule has 0 radical (unpaired) electrons. The van der Waals surface area contributed by atoms with Crippen LogP contribution in [0, 0.1) is 5.92 Å². The van der Waals surface area contributed by atoms with Crippen molar-refractivity contribution in [3.05, 3.63) is 35.9 Å². The number of rotatable bonds is 6. The molecule has 1 heterocycles. The van der Waals surface area contributed by atoms with Crippen LogP contribution in [0.2, 0.25) is 0 Å². The number of likely N-dealkylation sites (tertiary alicyclic amines) is 1. The second-order valence-electron chi connectivity index (χ2n) is 5.17. The second-order valence-corrected chi connectivity index (χ2v) is 5.17. The summed E-state index contributed by atoms with van der Waals surface area (Å²) in [5.41, 5.74) is 0.880. The number of methoxy groups -OCH3 is 1. The van der Waals surface area contributed by atoms with Crippen LogP contribution in [0.4, 0.5) is 0 Å². The maximum absolute atomic E-state index is 11.4. The third-order valence-corrected chi connectivity index (χ3v) is 3.71. The number of aliphatic carboxylic acids is 1. The monoisotopic (exact) mass is 263 g/mol. The molecule has 0 aromatic heterocycles. The summed E-state index contributed by atoms with van der Waals surface area (Å²) in [6, 6.07) is 9.47. The minimum atomic E-state index is -0.749. The van der Waals surface area contributed by atoms with Crippen molar-refractivity contribution in [3.63, 3.8) is 0 Å². The number of benzene rings is 1. The van der Waals surface area contributed by atoms with Gasteiger partial charge in [0.2, 0.25) is 0 Å². The molecule has 0 aliphatic carbocycles. The Hall–Kier alpha value is -1.39. The molecule has 0 saturated carbocycles. The zero-order valence-electron chi connectivity index (χ0n) is 11.3. The fourth-order valence-electron chi connectivity index (χ4n) is 2.72. The molecule has 0 bridgehead atoms. The van der Waals surface area contributed by atoms with E-state index in [0.717, 1.165) is 31.7 Å². The van der Waals surface area contributed by atoms with Gasteiger partial charge in [0.15, 0.2) is 0 Å². The fourth-order valence-corrected chi connectivity index (χ4v) is 2.72. The lowest BCUT2D eigenvalue weighted by molar-refractivity contribution is -0.139. The lowest BCUT2D eigenvalue weighted by Gasteiger charge is -2.21. The van der Waals surface area contributed by atoms with Crippen molar-refractivity contribution in [3.8, 4) is 0 Å². The molecule has 1 fully saturated rings. The quantitative estimate of drug-likeness (QED) is 0.850. The van der Waals surface area contributed by atoms with Crippen molar-refractivity contribution < 1.29 is 14.6 Å². The highest BCUT2D eigenvalue weighted by Gasteiger charge is 2.28. The van der Waals surface area contributed by atoms with Crippen molar-refractivity contribution in [1.82, 2.24) is 4.90 Å². The van der Waals surface area contributed by atoms with E-state index in [4.69, 9.17) is 4.74 Å². The SMILES string of the molecule is COCC1CCN(CC(C(=O)O)c2ccccc2)C1. The summed E-state index contributed by atoms with van der Waals surface area (Å²) in [6.07, 6.45) is 1.09. The summed E-state index contributed by atoms with van der Waals surface area (Å²) in [7, 11) is 1.71. The maximum atomic E-state index is 11.4. The summed E-state index contributed by atoms with van der Waals surface area (Å²) in [5, 5.41) is 9.40. The summed E-state index contributed by atoms with van der Waals surface area (Å²) in [4.78, 5) is 13.7. The van der Waals surface area contributed by atoms with Crippen LogP contribution in [-0.4, -0.2) is 49.3 Å². The summed E-state index contributed by atoms with van der Waals surface area (Å²) in [6.45, 7) is 3.24. The Kier molecular flexibility index (Phi) is 4.93. The van der Waals surface area contributed by atoms with E-state index in [1.807, 2.05) is 30.3 Å². The molecule has 1 aliphatic heterocycles. The van der Waals surface area contributed by atoms with E-state index in [0.29, 0.717) is 12.5 Å². The first-order valence-electron chi connectivity index (χ1n) is 6.69. The molecule has 2 atom stereocenters. The lowest BCUT2D eigenvalue weighted by atomic mass is 9.99. The van der Waals surface area contributed by atoms with Gasteiger partial charge >= 0.3 is 5.97 Å². The van der Waals surface area contributed by atoms with Crippen molar-refractivity contribution in [2.24, 2.45) is 5.92 Å². The minimum absolute atomic E-state index is 0.442. The Morgan fingerprint density at radius 3 is 2.84 bits per heavy atom. The van der Waals surface area contributed by atoms with Gasteiger partial charge in [-0.1, -0.05) is 30.3 Å². The predicted octanol–water partition coefficient (Wildman–Crippen LogP) is 1.82. The van der Waals surface area contributed by atoms with Crippen LogP contribution in [0.3, 0.4) is 0 Å². The van der Waals surface area contributed by atoms with E-state index in [1.54, 1.807) is 7.11 Å². The summed E-state index contributed by atoms with van der Waals surface area (Å²) >= 11 is 0. The van der Waals surface area contributed by atoms with Gasteiger partial charge in [0.25, 0.3) is 0 Å². The summed E-state index contributed by atoms with van der Waals surface area (Å²) < 4.78 is 5.17. The highest BCUT2D eigenvalue weighted by molar-refractivity contribution is 5.76. The third kappa shape index (κ3) is 3.78. The number of carbonyl (C=O) groups is 1. The van der Waals surface area contributed by atoms with Crippen LogP contribution in [0.1, 0.15) is 17.9 Å². The average molecular weight is 263 g/mol. The first-order chi connectivity index (χ1) is 9.20. The van der Waals surface area contributed by atoms with E-state index in [2.05, 4.69) is 4.90 Å². The standard InChI is InChI=1S/C15H21NO3/c1-19-11-12-7-8-16(9-12)10-14(15(17)18)13-5-3-2-4-6-13/h2-6,12,14H,7-11H2,1H3,(H,17,18). The molecule has 2 rings (SSSR count). The van der Waals surface area contributed by atoms with Crippen LogP contribution < -0.4 is 0 Å². The molecular weight excluding hydrogens is 242 g/mol. The van der Waals surface area contributed by atoms with Gasteiger partial charge in [-0.25, -0.2) is 0 Å². The Labute approximate surface area is 114 Å². The van der Waals surface area contributed by atoms with E-state index in [1.165, 1.54) is 0 Å². The Bertz CT molecular complexity index is 407. The molecule has 1 N–H and O–H groups in total. The molecular formula is C15H21NO3. The number of carboxylic acid groups (broad SMARTS) is 1. The van der Waals surface area contributed by atoms with E-state index in [9.17, 15) is 9.90 Å². The zero-order valence-corrected chi connectivity index (χ0v) is 11.3. The highest BCUT2D eigenvalue weighted by Crippen LogP contribution is 2.22. The van der Waals surface area contributed by atoms with Crippen molar-refractivity contribution in [1.29, 1.82) is 0 Å². The van der Waals surface area contributed by atoms with Crippen molar-refractivity contribution in [2.75, 3.05) is 33.4 Å². The number of ether oxygens (including phenoxy) is 1. The smallest absolute Gasteiger partial charge is 0.312 e. The summed E-state index contributed by atoms with van der Waals surface area (Å²) in [5.74, 6) is -0.654. The van der Waals surface area contributed by atoms with Gasteiger partial charge in [-0.3, -0.25) is 4.79 Å². The van der Waals surface area contributed by atoms with Crippen molar-refractivity contribution in [2.45, 2.75) is 12.3 Å². The van der Waals surface area contributed by atoms with Crippen LogP contribution >= 0.6 is 0 Å². The van der Waals surface area contributed by atoms with Gasteiger partial charge in [0.05, 0.1) is 12.5 Å². The molecule has 1 aromatic carbocycles. The number of hydrogen-bond acceptors (Lipinski definition) is 3.